The minimum atomic E-state index is 0.0772. The molecule has 1 aromatic rings. The second kappa shape index (κ2) is 10.7. The maximum Gasteiger partial charge on any atom is 0.279 e. The summed E-state index contributed by atoms with van der Waals surface area (Å²) in [5.74, 6) is 0.866. The number of piperazine rings is 1. The molecule has 0 spiro atoms. The monoisotopic (exact) mass is 402 g/mol. The van der Waals surface area contributed by atoms with Gasteiger partial charge in [0.1, 0.15) is 26.2 Å². The number of amides is 2. The molecule has 6 heteroatoms. The summed E-state index contributed by atoms with van der Waals surface area (Å²) in [5, 5.41) is 6.34. The summed E-state index contributed by atoms with van der Waals surface area (Å²) in [6.45, 7) is 9.18. The van der Waals surface area contributed by atoms with Gasteiger partial charge in [0.2, 0.25) is 0 Å². The lowest BCUT2D eigenvalue weighted by atomic mass is 9.86. The Balaban J connectivity index is 1.37. The molecule has 0 radical (unpaired) electrons. The van der Waals surface area contributed by atoms with Gasteiger partial charge in [0.05, 0.1) is 0 Å². The van der Waals surface area contributed by atoms with Gasteiger partial charge < -0.3 is 20.4 Å². The van der Waals surface area contributed by atoms with Crippen LogP contribution >= 0.6 is 0 Å². The highest BCUT2D eigenvalue weighted by Crippen LogP contribution is 2.23. The summed E-state index contributed by atoms with van der Waals surface area (Å²) >= 11 is 0. The second-order valence-electron chi connectivity index (χ2n) is 8.85. The van der Waals surface area contributed by atoms with Gasteiger partial charge in [-0.05, 0) is 36.8 Å². The Labute approximate surface area is 175 Å². The molecule has 2 atom stereocenters. The van der Waals surface area contributed by atoms with E-state index in [4.69, 9.17) is 0 Å². The lowest BCUT2D eigenvalue weighted by Crippen LogP contribution is -3.28. The van der Waals surface area contributed by atoms with Gasteiger partial charge in [-0.2, -0.15) is 0 Å². The number of anilines is 1. The summed E-state index contributed by atoms with van der Waals surface area (Å²) < 4.78 is 0. The van der Waals surface area contributed by atoms with E-state index in [9.17, 15) is 9.59 Å². The van der Waals surface area contributed by atoms with Crippen LogP contribution in [0.15, 0.2) is 24.3 Å². The highest BCUT2D eigenvalue weighted by atomic mass is 16.2. The van der Waals surface area contributed by atoms with Crippen molar-refractivity contribution >= 4 is 17.5 Å². The Morgan fingerprint density at radius 2 is 1.59 bits per heavy atom. The van der Waals surface area contributed by atoms with E-state index in [1.807, 2.05) is 18.2 Å². The van der Waals surface area contributed by atoms with Crippen LogP contribution in [0.1, 0.15) is 45.1 Å². The molecule has 2 fully saturated rings. The molecule has 1 aliphatic carbocycles. The predicted molar refractivity (Wildman–Crippen MR) is 115 cm³/mol. The lowest BCUT2D eigenvalue weighted by Gasteiger charge is -2.31. The number of hydrogen-bond donors (Lipinski definition) is 4. The predicted octanol–water partition coefficient (Wildman–Crippen LogP) is -0.334. The van der Waals surface area contributed by atoms with Gasteiger partial charge in [-0.25, -0.2) is 0 Å². The molecule has 29 heavy (non-hydrogen) atoms. The summed E-state index contributed by atoms with van der Waals surface area (Å²) in [4.78, 5) is 27.5. The molecule has 0 aromatic heterocycles. The van der Waals surface area contributed by atoms with Gasteiger partial charge in [-0.15, -0.1) is 0 Å². The van der Waals surface area contributed by atoms with Gasteiger partial charge in [0.25, 0.3) is 11.8 Å². The number of hydrogen-bond acceptors (Lipinski definition) is 2. The van der Waals surface area contributed by atoms with Crippen molar-refractivity contribution in [1.29, 1.82) is 0 Å². The van der Waals surface area contributed by atoms with Crippen molar-refractivity contribution in [1.82, 2.24) is 5.32 Å². The minimum Gasteiger partial charge on any atom is -0.348 e. The third-order valence-electron chi connectivity index (χ3n) is 6.62. The van der Waals surface area contributed by atoms with Crippen molar-refractivity contribution in [3.05, 3.63) is 29.8 Å². The van der Waals surface area contributed by atoms with Crippen molar-refractivity contribution in [3.8, 4) is 0 Å². The third kappa shape index (κ3) is 6.54. The Hall–Kier alpha value is -1.92. The zero-order valence-electron chi connectivity index (χ0n) is 18.1. The van der Waals surface area contributed by atoms with Crippen LogP contribution in [0, 0.1) is 5.92 Å². The number of rotatable bonds is 7. The van der Waals surface area contributed by atoms with Crippen LogP contribution in [0.2, 0.25) is 0 Å². The Kier molecular flexibility index (Phi) is 8.07. The standard InChI is InChI=1S/C23H36N4O2/c1-3-19-9-5-7-11-21(19)25-23(29)17-27-14-12-26(13-15-27)16-22(28)24-20-10-6-4-8-18(20)2/h5,7,9,11,18,20H,3-4,6,8,10,12-17H2,1-2H3,(H,24,28)(H,25,29)/p+2/t18-,20+/m0/s1. The van der Waals surface area contributed by atoms with Gasteiger partial charge in [0, 0.05) is 11.7 Å². The topological polar surface area (TPSA) is 67.1 Å². The fourth-order valence-electron chi connectivity index (χ4n) is 4.70. The highest BCUT2D eigenvalue weighted by molar-refractivity contribution is 5.92. The molecule has 4 N–H and O–H groups in total. The van der Waals surface area contributed by atoms with Crippen LogP contribution in [-0.4, -0.2) is 57.1 Å². The average Bonchev–Trinajstić information content (AvgIpc) is 2.71. The van der Waals surface area contributed by atoms with Crippen LogP contribution in [0.3, 0.4) is 0 Å². The normalized spacial score (nSPS) is 27.2. The molecule has 2 amide bonds. The number of aryl methyl sites for hydroxylation is 1. The van der Waals surface area contributed by atoms with E-state index in [0.29, 0.717) is 25.0 Å². The number of benzene rings is 1. The molecule has 1 aromatic carbocycles. The minimum absolute atomic E-state index is 0.0772. The van der Waals surface area contributed by atoms with Crippen LogP contribution in [-0.2, 0) is 16.0 Å². The van der Waals surface area contributed by atoms with Crippen molar-refractivity contribution in [3.63, 3.8) is 0 Å². The number of para-hydroxylation sites is 1. The van der Waals surface area contributed by atoms with Crippen LogP contribution in [0.4, 0.5) is 5.69 Å². The van der Waals surface area contributed by atoms with Crippen molar-refractivity contribution in [2.75, 3.05) is 44.6 Å². The molecule has 1 saturated heterocycles. The summed E-state index contributed by atoms with van der Waals surface area (Å²) in [7, 11) is 0. The molecular formula is C23H38N4O2+2. The van der Waals surface area contributed by atoms with E-state index in [2.05, 4.69) is 30.5 Å². The van der Waals surface area contributed by atoms with Crippen molar-refractivity contribution < 1.29 is 19.4 Å². The quantitative estimate of drug-likeness (QED) is 0.504. The zero-order chi connectivity index (χ0) is 20.6. The first-order chi connectivity index (χ1) is 14.0. The molecule has 160 valence electrons. The van der Waals surface area contributed by atoms with E-state index >= 15 is 0 Å². The van der Waals surface area contributed by atoms with E-state index < -0.39 is 0 Å². The maximum atomic E-state index is 12.5. The van der Waals surface area contributed by atoms with Crippen molar-refractivity contribution in [2.24, 2.45) is 5.92 Å². The van der Waals surface area contributed by atoms with E-state index in [-0.39, 0.29) is 11.8 Å². The highest BCUT2D eigenvalue weighted by Gasteiger charge is 2.28. The molecule has 1 heterocycles. The van der Waals surface area contributed by atoms with Gasteiger partial charge in [0.15, 0.2) is 13.1 Å². The molecular weight excluding hydrogens is 364 g/mol. The number of carbonyl (C=O) groups excluding carboxylic acids is 2. The molecule has 1 aliphatic heterocycles. The fraction of sp³-hybridized carbons (Fsp3) is 0.652. The van der Waals surface area contributed by atoms with Gasteiger partial charge in [-0.1, -0.05) is 44.9 Å². The molecule has 3 rings (SSSR count). The summed E-state index contributed by atoms with van der Waals surface area (Å²) in [6.07, 6.45) is 5.78. The summed E-state index contributed by atoms with van der Waals surface area (Å²) in [6, 6.07) is 8.36. The first-order valence-electron chi connectivity index (χ1n) is 11.4. The number of quaternary nitrogens is 2. The molecule has 2 aliphatic rings. The molecule has 0 unspecified atom stereocenters. The van der Waals surface area contributed by atoms with Crippen LogP contribution < -0.4 is 20.4 Å². The Morgan fingerprint density at radius 1 is 0.966 bits per heavy atom. The third-order valence-corrected chi connectivity index (χ3v) is 6.62. The molecule has 6 nitrogen and oxygen atoms in total. The fourth-order valence-corrected chi connectivity index (χ4v) is 4.70. The Bertz CT molecular complexity index is 685. The Morgan fingerprint density at radius 3 is 2.24 bits per heavy atom. The maximum absolute atomic E-state index is 12.5. The number of carbonyl (C=O) groups is 2. The van der Waals surface area contributed by atoms with Crippen LogP contribution in [0.25, 0.3) is 0 Å². The van der Waals surface area contributed by atoms with Crippen molar-refractivity contribution in [2.45, 2.75) is 52.0 Å². The first kappa shape index (κ1) is 21.8. The largest absolute Gasteiger partial charge is 0.348 e. The van der Waals surface area contributed by atoms with Gasteiger partial charge in [-0.3, -0.25) is 9.59 Å². The average molecular weight is 403 g/mol. The second-order valence-corrected chi connectivity index (χ2v) is 8.85. The summed E-state index contributed by atoms with van der Waals surface area (Å²) in [5.41, 5.74) is 2.10. The zero-order valence-corrected chi connectivity index (χ0v) is 18.1. The van der Waals surface area contributed by atoms with E-state index in [1.54, 1.807) is 0 Å². The van der Waals surface area contributed by atoms with E-state index in [0.717, 1.165) is 44.7 Å². The number of nitrogens with one attached hydrogen (secondary N) is 4. The SMILES string of the molecule is CCc1ccccc1NC(=O)C[NH+]1CC[NH+](CC(=O)N[C@@H]2CCCC[C@@H]2C)CC1. The van der Waals surface area contributed by atoms with E-state index in [1.165, 1.54) is 34.6 Å². The lowest BCUT2D eigenvalue weighted by molar-refractivity contribution is -1.00. The van der Waals surface area contributed by atoms with Gasteiger partial charge >= 0.3 is 0 Å². The first-order valence-corrected chi connectivity index (χ1v) is 11.4. The molecule has 1 saturated carbocycles. The molecule has 0 bridgehead atoms. The smallest absolute Gasteiger partial charge is 0.279 e. The van der Waals surface area contributed by atoms with Crippen LogP contribution in [0.5, 0.6) is 0 Å².